The Morgan fingerprint density at radius 3 is 2.79 bits per heavy atom. The van der Waals surface area contributed by atoms with Crippen LogP contribution in [0.5, 0.6) is 5.75 Å². The lowest BCUT2D eigenvalue weighted by Gasteiger charge is -2.32. The largest absolute Gasteiger partial charge is 0.455 e. The summed E-state index contributed by atoms with van der Waals surface area (Å²) in [7, 11) is 0. The van der Waals surface area contributed by atoms with Gasteiger partial charge in [-0.1, -0.05) is 36.7 Å². The van der Waals surface area contributed by atoms with E-state index in [0.717, 1.165) is 6.42 Å². The zero-order valence-electron chi connectivity index (χ0n) is 13.1. The molecule has 1 heterocycles. The molecule has 0 aliphatic carbocycles. The molecule has 2 atom stereocenters. The lowest BCUT2D eigenvalue weighted by atomic mass is 9.99. The number of fused-ring (bicyclic) bond motifs is 1. The van der Waals surface area contributed by atoms with Gasteiger partial charge in [0.25, 0.3) is 12.2 Å². The van der Waals surface area contributed by atoms with Crippen molar-refractivity contribution in [3.8, 4) is 5.75 Å². The van der Waals surface area contributed by atoms with Crippen molar-refractivity contribution in [2.45, 2.75) is 25.7 Å². The molecule has 0 radical (unpaired) electrons. The molecule has 1 N–H and O–H groups in total. The Labute approximate surface area is 144 Å². The zero-order chi connectivity index (χ0) is 17.1. The quantitative estimate of drug-likeness (QED) is 0.912. The van der Waals surface area contributed by atoms with Gasteiger partial charge in [-0.05, 0) is 30.7 Å². The molecule has 0 spiro atoms. The van der Waals surface area contributed by atoms with Gasteiger partial charge in [-0.3, -0.25) is 4.79 Å². The molecule has 2 aromatic carbocycles. The summed E-state index contributed by atoms with van der Waals surface area (Å²) >= 11 is 6.05. The van der Waals surface area contributed by atoms with Gasteiger partial charge in [0, 0.05) is 22.7 Å². The van der Waals surface area contributed by atoms with Gasteiger partial charge >= 0.3 is 0 Å². The fourth-order valence-corrected chi connectivity index (χ4v) is 2.73. The van der Waals surface area contributed by atoms with E-state index in [4.69, 9.17) is 21.1 Å². The van der Waals surface area contributed by atoms with Crippen molar-refractivity contribution in [2.75, 3.05) is 6.54 Å². The first kappa shape index (κ1) is 16.7. The van der Waals surface area contributed by atoms with Gasteiger partial charge in [0.2, 0.25) is 0 Å². The number of carbonyl (C=O) groups is 1. The third kappa shape index (κ3) is 3.37. The van der Waals surface area contributed by atoms with Crippen molar-refractivity contribution in [3.63, 3.8) is 0 Å². The highest BCUT2D eigenvalue weighted by molar-refractivity contribution is 6.30. The van der Waals surface area contributed by atoms with E-state index in [9.17, 15) is 9.18 Å². The van der Waals surface area contributed by atoms with Crippen LogP contribution in [-0.2, 0) is 9.53 Å². The maximum atomic E-state index is 14.2. The molecule has 2 unspecified atom stereocenters. The van der Waals surface area contributed by atoms with E-state index >= 15 is 0 Å². The van der Waals surface area contributed by atoms with Crippen LogP contribution in [0.4, 0.5) is 4.39 Å². The van der Waals surface area contributed by atoms with Crippen LogP contribution in [0, 0.1) is 5.82 Å². The molecule has 0 fully saturated rings. The van der Waals surface area contributed by atoms with Crippen LogP contribution in [0.1, 0.15) is 30.6 Å². The Morgan fingerprint density at radius 2 is 2.04 bits per heavy atom. The minimum absolute atomic E-state index is 0.331. The first-order valence-electron chi connectivity index (χ1n) is 7.74. The highest BCUT2D eigenvalue weighted by Crippen LogP contribution is 2.40. The number of benzene rings is 2. The lowest BCUT2D eigenvalue weighted by molar-refractivity contribution is -0.166. The Hall–Kier alpha value is -2.11. The third-order valence-corrected chi connectivity index (χ3v) is 3.93. The summed E-state index contributed by atoms with van der Waals surface area (Å²) in [4.78, 5) is 12.2. The molecule has 3 rings (SSSR count). The number of hydrogen-bond donors (Lipinski definition) is 1. The van der Waals surface area contributed by atoms with Gasteiger partial charge < -0.3 is 14.8 Å². The monoisotopic (exact) mass is 349 g/mol. The molecule has 24 heavy (non-hydrogen) atoms. The molecule has 0 saturated carbocycles. The van der Waals surface area contributed by atoms with E-state index in [1.54, 1.807) is 36.4 Å². The lowest BCUT2D eigenvalue weighted by Crippen LogP contribution is -2.43. The topological polar surface area (TPSA) is 47.6 Å². The highest BCUT2D eigenvalue weighted by atomic mass is 35.5. The van der Waals surface area contributed by atoms with Crippen molar-refractivity contribution in [1.82, 2.24) is 5.32 Å². The Morgan fingerprint density at radius 1 is 1.25 bits per heavy atom. The average molecular weight is 350 g/mol. The van der Waals surface area contributed by atoms with Crippen LogP contribution in [0.15, 0.2) is 42.5 Å². The fourth-order valence-electron chi connectivity index (χ4n) is 2.55. The fraction of sp³-hybridized carbons (Fsp3) is 0.278. The van der Waals surface area contributed by atoms with Gasteiger partial charge in [0.05, 0.1) is 0 Å². The van der Waals surface area contributed by atoms with E-state index < -0.39 is 24.1 Å². The molecule has 1 aliphatic heterocycles. The smallest absolute Gasteiger partial charge is 0.289 e. The predicted octanol–water partition coefficient (Wildman–Crippen LogP) is 3.83. The van der Waals surface area contributed by atoms with Crippen LogP contribution >= 0.6 is 11.6 Å². The summed E-state index contributed by atoms with van der Waals surface area (Å²) in [6.45, 7) is 2.46. The summed E-state index contributed by atoms with van der Waals surface area (Å²) < 4.78 is 25.6. The molecule has 4 nitrogen and oxygen atoms in total. The molecule has 6 heteroatoms. The average Bonchev–Trinajstić information content (AvgIpc) is 2.59. The second kappa shape index (κ2) is 7.20. The van der Waals surface area contributed by atoms with E-state index in [1.165, 1.54) is 6.07 Å². The summed E-state index contributed by atoms with van der Waals surface area (Å²) in [6.07, 6.45) is -1.12. The number of hydrogen-bond acceptors (Lipinski definition) is 3. The number of ether oxygens (including phenoxy) is 2. The molecule has 1 aliphatic rings. The zero-order valence-corrected chi connectivity index (χ0v) is 13.8. The van der Waals surface area contributed by atoms with Crippen molar-refractivity contribution < 1.29 is 18.7 Å². The third-order valence-electron chi connectivity index (χ3n) is 3.70. The Bertz CT molecular complexity index is 753. The maximum absolute atomic E-state index is 14.2. The van der Waals surface area contributed by atoms with Crippen LogP contribution in [-0.4, -0.2) is 18.7 Å². The van der Waals surface area contributed by atoms with Crippen LogP contribution in [0.25, 0.3) is 0 Å². The van der Waals surface area contributed by atoms with Gasteiger partial charge in [0.15, 0.2) is 0 Å². The van der Waals surface area contributed by atoms with Crippen LogP contribution in [0.3, 0.4) is 0 Å². The van der Waals surface area contributed by atoms with Gasteiger partial charge in [-0.25, -0.2) is 4.39 Å². The Balaban J connectivity index is 1.98. The molecule has 126 valence electrons. The Kier molecular flexibility index (Phi) is 5.02. The van der Waals surface area contributed by atoms with E-state index in [-0.39, 0.29) is 0 Å². The van der Waals surface area contributed by atoms with Crippen molar-refractivity contribution >= 4 is 17.5 Å². The first-order chi connectivity index (χ1) is 11.6. The second-order valence-corrected chi connectivity index (χ2v) is 5.90. The summed E-state index contributed by atoms with van der Waals surface area (Å²) in [5.41, 5.74) is 0.921. The molecular formula is C18H17ClFNO3. The summed E-state index contributed by atoms with van der Waals surface area (Å²) in [6, 6.07) is 11.3. The molecule has 1 amide bonds. The van der Waals surface area contributed by atoms with Crippen LogP contribution in [0.2, 0.25) is 5.02 Å². The van der Waals surface area contributed by atoms with Crippen molar-refractivity contribution in [2.24, 2.45) is 0 Å². The number of halogens is 2. The molecular weight excluding hydrogens is 333 g/mol. The van der Waals surface area contributed by atoms with E-state index in [2.05, 4.69) is 5.32 Å². The summed E-state index contributed by atoms with van der Waals surface area (Å²) in [5.74, 6) is -0.350. The van der Waals surface area contributed by atoms with Gasteiger partial charge in [0.1, 0.15) is 17.7 Å². The number of rotatable bonds is 4. The standard InChI is InChI=1S/C18H17ClFNO3/c1-2-9-21-17(22)18-23-15-8-7-11(19)10-13(15)16(24-18)12-5-3-4-6-14(12)20/h3-8,10,16,18H,2,9H2,1H3,(H,21,22). The first-order valence-corrected chi connectivity index (χ1v) is 8.11. The van der Waals surface area contributed by atoms with Crippen LogP contribution < -0.4 is 10.1 Å². The SMILES string of the molecule is CCCNC(=O)C1Oc2ccc(Cl)cc2C(c2ccccc2F)O1. The molecule has 0 saturated heterocycles. The second-order valence-electron chi connectivity index (χ2n) is 5.46. The highest BCUT2D eigenvalue weighted by Gasteiger charge is 2.35. The van der Waals surface area contributed by atoms with E-state index in [0.29, 0.717) is 28.4 Å². The minimum Gasteiger partial charge on any atom is -0.455 e. The molecule has 0 aromatic heterocycles. The van der Waals surface area contributed by atoms with E-state index in [1.807, 2.05) is 6.92 Å². The van der Waals surface area contributed by atoms with Gasteiger partial charge in [-0.2, -0.15) is 0 Å². The number of nitrogens with one attached hydrogen (secondary N) is 1. The predicted molar refractivity (Wildman–Crippen MR) is 88.5 cm³/mol. The van der Waals surface area contributed by atoms with Crippen molar-refractivity contribution in [3.05, 3.63) is 64.4 Å². The normalized spacial score (nSPS) is 19.3. The number of carbonyl (C=O) groups excluding carboxylic acids is 1. The van der Waals surface area contributed by atoms with Crippen molar-refractivity contribution in [1.29, 1.82) is 0 Å². The molecule has 2 aromatic rings. The van der Waals surface area contributed by atoms with Gasteiger partial charge in [-0.15, -0.1) is 0 Å². The summed E-state index contributed by atoms with van der Waals surface area (Å²) in [5, 5.41) is 3.20. The molecule has 0 bridgehead atoms. The number of amides is 1. The minimum atomic E-state index is -1.14. The maximum Gasteiger partial charge on any atom is 0.289 e.